The molecule has 1 aliphatic carbocycles. The Bertz CT molecular complexity index is 1990. The summed E-state index contributed by atoms with van der Waals surface area (Å²) in [5.74, 6) is -11.6. The highest BCUT2D eigenvalue weighted by molar-refractivity contribution is 7.49. The van der Waals surface area contributed by atoms with E-state index in [1.54, 1.807) is 0 Å². The predicted octanol–water partition coefficient (Wildman–Crippen LogP) is 3.69. The number of esters is 10. The monoisotopic (exact) mass is 1220 g/mol. The number of phosphoric ester groups is 4. The molecule has 1 rings (SSSR count). The molecule has 0 heterocycles. The fraction of sp³-hybridized carbons (Fsp3) is 0.737. The number of carbonyl (C=O) groups excluding carboxylic acids is 10. The first-order valence-electron chi connectivity index (χ1n) is 22.2. The van der Waals surface area contributed by atoms with E-state index in [0.717, 1.165) is 55.4 Å². The predicted molar refractivity (Wildman–Crippen MR) is 241 cm³/mol. The van der Waals surface area contributed by atoms with Crippen molar-refractivity contribution in [3.8, 4) is 0 Å². The van der Waals surface area contributed by atoms with Crippen molar-refractivity contribution in [3.63, 3.8) is 0 Å². The normalized spacial score (nSPS) is 18.5. The van der Waals surface area contributed by atoms with Crippen LogP contribution in [0.3, 0.4) is 0 Å². The molecular weight excluding hydrogens is 1160 g/mol. The average Bonchev–Trinajstić information content (AvgIpc) is 3.29. The highest BCUT2D eigenvalue weighted by Gasteiger charge is 2.64. The van der Waals surface area contributed by atoms with Gasteiger partial charge in [-0.3, -0.25) is 66.0 Å². The molecule has 0 amide bonds. The number of ether oxygens (including phenoxy) is 10. The van der Waals surface area contributed by atoms with Crippen LogP contribution in [0.4, 0.5) is 0 Å². The van der Waals surface area contributed by atoms with Gasteiger partial charge in [-0.05, 0) is 12.8 Å². The number of phosphoric acid groups is 4. The minimum atomic E-state index is -5.89. The van der Waals surface area contributed by atoms with Crippen LogP contribution in [0.5, 0.6) is 0 Å². The van der Waals surface area contributed by atoms with Crippen molar-refractivity contribution in [2.45, 2.75) is 132 Å². The maximum atomic E-state index is 14.9. The molecule has 1 saturated carbocycles. The van der Waals surface area contributed by atoms with Crippen molar-refractivity contribution in [1.82, 2.24) is 0 Å². The van der Waals surface area contributed by atoms with E-state index >= 15 is 0 Å². The zero-order chi connectivity index (χ0) is 59.3. The van der Waals surface area contributed by atoms with E-state index in [2.05, 4.69) is 0 Å². The van der Waals surface area contributed by atoms with Crippen LogP contribution in [0, 0.1) is 0 Å². The average molecular weight is 1220 g/mol. The Labute approximate surface area is 444 Å². The van der Waals surface area contributed by atoms with Crippen LogP contribution < -0.4 is 0 Å². The van der Waals surface area contributed by atoms with Crippen LogP contribution in [-0.2, 0) is 168 Å². The van der Waals surface area contributed by atoms with Crippen LogP contribution in [0.2, 0.25) is 0 Å². The molecule has 0 saturated heterocycles. The van der Waals surface area contributed by atoms with Gasteiger partial charge in [-0.15, -0.1) is 0 Å². The third-order valence-corrected chi connectivity index (χ3v) is 13.6. The summed E-state index contributed by atoms with van der Waals surface area (Å²) in [6, 6.07) is 0. The topological polar surface area (TPSA) is 442 Å². The van der Waals surface area contributed by atoms with Gasteiger partial charge in [-0.1, -0.05) is 13.8 Å². The minimum Gasteiger partial charge on any atom is -0.455 e. The molecule has 0 radical (unpaired) electrons. The smallest absolute Gasteiger partial charge is 0.455 e. The lowest BCUT2D eigenvalue weighted by molar-refractivity contribution is -0.237. The summed E-state index contributed by atoms with van der Waals surface area (Å²) in [6.07, 6.45) is -18.4. The highest BCUT2D eigenvalue weighted by Crippen LogP contribution is 2.62. The van der Waals surface area contributed by atoms with Gasteiger partial charge in [0.1, 0.15) is 24.4 Å². The maximum Gasteiger partial charge on any atom is 0.481 e. The van der Waals surface area contributed by atoms with E-state index in [0.29, 0.717) is 0 Å². The molecule has 1 aliphatic rings. The fourth-order valence-corrected chi connectivity index (χ4v) is 9.47. The van der Waals surface area contributed by atoms with Gasteiger partial charge in [0.15, 0.2) is 12.2 Å². The molecule has 40 heteroatoms. The Kier molecular flexibility index (Phi) is 32.6. The molecular formula is C38H60O36P4. The molecule has 1 fully saturated rings. The molecule has 6 atom stereocenters. The van der Waals surface area contributed by atoms with Crippen molar-refractivity contribution in [2.75, 3.05) is 54.3 Å². The Hall–Kier alpha value is -4.86. The second-order valence-electron chi connectivity index (χ2n) is 14.5. The van der Waals surface area contributed by atoms with Crippen LogP contribution >= 0.6 is 31.3 Å². The standard InChI is InChI=1S/C38H60O36P4/c1-11-13-31(47)69-33-34(70-32(48)14-12-2)36(72-76(50,63-17-55-25(5)41)64-18-56-26(6)42)38(74-78(52,67-21-59-29(9)45)68-22-60-30(10)46)37(73-77(51,65-19-57-27(7)43)66-20-58-28(8)44)35(33)71-75(49,61-15-53-23(3)39)62-16-54-24(4)40/h33-38H,11-22H2,1-10H3/t33-,34-,35+,36+,37-,38-/m0/s1. The number of hydrogen-bond donors (Lipinski definition) is 0. The third-order valence-electron chi connectivity index (χ3n) is 8.17. The van der Waals surface area contributed by atoms with Crippen molar-refractivity contribution in [1.29, 1.82) is 0 Å². The SMILES string of the molecule is CCCC(=O)O[C@H]1[C@H](OC(=O)CCC)[C@@H](OP(=O)(OCOC(C)=O)OCOC(C)=O)[C@H](OP(=O)(OCOC(C)=O)OCOC(C)=O)[C@@H](OP(=O)(OCOC(C)=O)OCOC(C)=O)[C@@H]1OP(=O)(OCOC(C)=O)OCOC(C)=O. The third kappa shape index (κ3) is 29.4. The summed E-state index contributed by atoms with van der Waals surface area (Å²) in [4.78, 5) is 123. The van der Waals surface area contributed by atoms with E-state index in [9.17, 15) is 66.2 Å². The lowest BCUT2D eigenvalue weighted by atomic mass is 9.84. The lowest BCUT2D eigenvalue weighted by Crippen LogP contribution is -2.67. The van der Waals surface area contributed by atoms with Crippen LogP contribution in [0.15, 0.2) is 0 Å². The van der Waals surface area contributed by atoms with Gasteiger partial charge in [-0.25, -0.2) is 54.5 Å². The van der Waals surface area contributed by atoms with E-state index in [4.69, 9.17) is 102 Å². The minimum absolute atomic E-state index is 0.0483. The van der Waals surface area contributed by atoms with Crippen molar-refractivity contribution >= 4 is 91.0 Å². The zero-order valence-corrected chi connectivity index (χ0v) is 47.0. The summed E-state index contributed by atoms with van der Waals surface area (Å²) >= 11 is 0. The van der Waals surface area contributed by atoms with Crippen molar-refractivity contribution in [2.24, 2.45) is 0 Å². The first-order valence-corrected chi connectivity index (χ1v) is 28.0. The quantitative estimate of drug-likeness (QED) is 0.0368. The van der Waals surface area contributed by atoms with Crippen LogP contribution in [0.25, 0.3) is 0 Å². The van der Waals surface area contributed by atoms with E-state index in [-0.39, 0.29) is 12.8 Å². The Morgan fingerprint density at radius 3 is 0.577 bits per heavy atom. The molecule has 0 N–H and O–H groups in total. The van der Waals surface area contributed by atoms with E-state index in [1.165, 1.54) is 13.8 Å². The summed E-state index contributed by atoms with van der Waals surface area (Å²) in [5.41, 5.74) is 0. The van der Waals surface area contributed by atoms with E-state index < -0.39 is 195 Å². The number of hydrogen-bond acceptors (Lipinski definition) is 36. The second kappa shape index (κ2) is 35.7. The zero-order valence-electron chi connectivity index (χ0n) is 43.4. The molecule has 78 heavy (non-hydrogen) atoms. The van der Waals surface area contributed by atoms with Crippen molar-refractivity contribution in [3.05, 3.63) is 0 Å². The Morgan fingerprint density at radius 2 is 0.436 bits per heavy atom. The first-order chi connectivity index (χ1) is 36.4. The Morgan fingerprint density at radius 1 is 0.282 bits per heavy atom. The number of carbonyl (C=O) groups is 10. The molecule has 0 aromatic rings. The molecule has 0 aliphatic heterocycles. The van der Waals surface area contributed by atoms with Gasteiger partial charge in [0.2, 0.25) is 54.3 Å². The van der Waals surface area contributed by atoms with Gasteiger partial charge in [0, 0.05) is 68.2 Å². The van der Waals surface area contributed by atoms with Crippen molar-refractivity contribution < 1.29 is 168 Å². The van der Waals surface area contributed by atoms with Gasteiger partial charge in [0.05, 0.1) is 0 Å². The largest absolute Gasteiger partial charge is 0.481 e. The van der Waals surface area contributed by atoms with Crippen LogP contribution in [-0.4, -0.2) is 151 Å². The van der Waals surface area contributed by atoms with Gasteiger partial charge in [0.25, 0.3) is 0 Å². The molecule has 0 bridgehead atoms. The molecule has 0 aromatic carbocycles. The first kappa shape index (κ1) is 71.2. The molecule has 448 valence electrons. The lowest BCUT2D eigenvalue weighted by Gasteiger charge is -2.49. The molecule has 0 aromatic heterocycles. The summed E-state index contributed by atoms with van der Waals surface area (Å²) < 4.78 is 173. The second-order valence-corrected chi connectivity index (χ2v) is 21.0. The maximum absolute atomic E-state index is 14.9. The Balaban J connectivity index is 5.01. The fourth-order valence-electron chi connectivity index (χ4n) is 5.08. The molecule has 0 spiro atoms. The number of rotatable bonds is 38. The molecule has 36 nitrogen and oxygen atoms in total. The summed E-state index contributed by atoms with van der Waals surface area (Å²) in [5, 5.41) is 0. The van der Waals surface area contributed by atoms with Gasteiger partial charge < -0.3 is 47.4 Å². The van der Waals surface area contributed by atoms with E-state index in [1.807, 2.05) is 0 Å². The summed E-state index contributed by atoms with van der Waals surface area (Å²) in [7, 11) is -23.4. The molecule has 0 unspecified atom stereocenters. The van der Waals surface area contributed by atoms with Crippen LogP contribution in [0.1, 0.15) is 94.9 Å². The summed E-state index contributed by atoms with van der Waals surface area (Å²) in [6.45, 7) is -1.59. The highest BCUT2D eigenvalue weighted by atomic mass is 31.2. The van der Waals surface area contributed by atoms with Gasteiger partial charge in [-0.2, -0.15) is 0 Å². The van der Waals surface area contributed by atoms with Gasteiger partial charge >= 0.3 is 91.0 Å².